The summed E-state index contributed by atoms with van der Waals surface area (Å²) in [6.07, 6.45) is 3.66. The van der Waals surface area contributed by atoms with Crippen LogP contribution in [0.2, 0.25) is 0 Å². The lowest BCUT2D eigenvalue weighted by molar-refractivity contribution is -0.134. The van der Waals surface area contributed by atoms with Gasteiger partial charge in [-0.05, 0) is 52.4 Å². The first-order chi connectivity index (χ1) is 11.1. The van der Waals surface area contributed by atoms with Gasteiger partial charge in [-0.25, -0.2) is 4.79 Å². The van der Waals surface area contributed by atoms with Crippen LogP contribution in [0.15, 0.2) is 0 Å². The fourth-order valence-corrected chi connectivity index (χ4v) is 3.10. The highest BCUT2D eigenvalue weighted by Gasteiger charge is 2.40. The lowest BCUT2D eigenvalue weighted by Gasteiger charge is -2.34. The molecule has 138 valence electrons. The first-order valence-electron chi connectivity index (χ1n) is 9.16. The molecule has 1 saturated carbocycles. The molecule has 0 radical (unpaired) electrons. The quantitative estimate of drug-likeness (QED) is 0.834. The second kappa shape index (κ2) is 7.30. The third kappa shape index (κ3) is 4.85. The van der Waals surface area contributed by atoms with Crippen LogP contribution in [0.4, 0.5) is 4.79 Å². The smallest absolute Gasteiger partial charge is 0.410 e. The summed E-state index contributed by atoms with van der Waals surface area (Å²) in [6, 6.07) is -0.159. The van der Waals surface area contributed by atoms with Crippen molar-refractivity contribution >= 4 is 12.0 Å². The molecule has 0 unspecified atom stereocenters. The second-order valence-corrected chi connectivity index (χ2v) is 8.46. The van der Waals surface area contributed by atoms with E-state index in [2.05, 4.69) is 0 Å². The van der Waals surface area contributed by atoms with Gasteiger partial charge in [0.15, 0.2) is 0 Å². The van der Waals surface area contributed by atoms with E-state index in [1.165, 1.54) is 0 Å². The van der Waals surface area contributed by atoms with E-state index in [4.69, 9.17) is 10.5 Å². The average Bonchev–Trinajstić information content (AvgIpc) is 3.19. The Bertz CT molecular complexity index is 469. The Morgan fingerprint density at radius 3 is 2.38 bits per heavy atom. The molecule has 0 aromatic rings. The van der Waals surface area contributed by atoms with E-state index in [0.717, 1.165) is 32.2 Å². The zero-order valence-corrected chi connectivity index (χ0v) is 15.7. The first-order valence-corrected chi connectivity index (χ1v) is 9.16. The third-order valence-corrected chi connectivity index (χ3v) is 4.69. The molecule has 2 rings (SSSR count). The molecule has 2 atom stereocenters. The SMILES string of the molecule is CC(C)[C@H](N)C(=O)N1CCC[C@H]1CN(C(=O)OC(C)(C)C)C1CC1. The van der Waals surface area contributed by atoms with Crippen LogP contribution in [0, 0.1) is 5.92 Å². The minimum atomic E-state index is -0.505. The van der Waals surface area contributed by atoms with Crippen molar-refractivity contribution in [3.63, 3.8) is 0 Å². The van der Waals surface area contributed by atoms with Crippen LogP contribution in [0.1, 0.15) is 60.3 Å². The molecule has 1 heterocycles. The number of ether oxygens (including phenoxy) is 1. The van der Waals surface area contributed by atoms with E-state index in [0.29, 0.717) is 6.54 Å². The van der Waals surface area contributed by atoms with Crippen molar-refractivity contribution in [2.45, 2.75) is 84.0 Å². The van der Waals surface area contributed by atoms with E-state index in [1.54, 1.807) is 0 Å². The normalized spacial score (nSPS) is 22.6. The Balaban J connectivity index is 2.03. The van der Waals surface area contributed by atoms with Crippen molar-refractivity contribution < 1.29 is 14.3 Å². The number of hydrogen-bond acceptors (Lipinski definition) is 4. The molecule has 0 spiro atoms. The maximum absolute atomic E-state index is 12.6. The molecule has 6 heteroatoms. The van der Waals surface area contributed by atoms with Crippen LogP contribution >= 0.6 is 0 Å². The Kier molecular flexibility index (Phi) is 5.78. The largest absolute Gasteiger partial charge is 0.444 e. The van der Waals surface area contributed by atoms with Gasteiger partial charge in [-0.1, -0.05) is 13.8 Å². The predicted molar refractivity (Wildman–Crippen MR) is 93.5 cm³/mol. The Labute approximate surface area is 145 Å². The number of hydrogen-bond donors (Lipinski definition) is 1. The summed E-state index contributed by atoms with van der Waals surface area (Å²) < 4.78 is 5.55. The van der Waals surface area contributed by atoms with Crippen LogP contribution in [0.5, 0.6) is 0 Å². The van der Waals surface area contributed by atoms with Crippen molar-refractivity contribution in [3.05, 3.63) is 0 Å². The van der Waals surface area contributed by atoms with E-state index >= 15 is 0 Å². The van der Waals surface area contributed by atoms with Gasteiger partial charge in [0.25, 0.3) is 0 Å². The van der Waals surface area contributed by atoms with Crippen molar-refractivity contribution in [2.75, 3.05) is 13.1 Å². The molecule has 2 aliphatic rings. The molecular weight excluding hydrogens is 306 g/mol. The minimum absolute atomic E-state index is 0.00688. The van der Waals surface area contributed by atoms with E-state index in [1.807, 2.05) is 44.4 Å². The first kappa shape index (κ1) is 19.0. The maximum Gasteiger partial charge on any atom is 0.410 e. The third-order valence-electron chi connectivity index (χ3n) is 4.69. The molecule has 2 fully saturated rings. The van der Waals surface area contributed by atoms with Gasteiger partial charge in [-0.3, -0.25) is 4.79 Å². The zero-order valence-electron chi connectivity index (χ0n) is 15.7. The van der Waals surface area contributed by atoms with Crippen LogP contribution in [0.25, 0.3) is 0 Å². The summed E-state index contributed by atoms with van der Waals surface area (Å²) in [5.74, 6) is 0.122. The molecular formula is C18H33N3O3. The van der Waals surface area contributed by atoms with Gasteiger partial charge >= 0.3 is 6.09 Å². The molecule has 24 heavy (non-hydrogen) atoms. The fourth-order valence-electron chi connectivity index (χ4n) is 3.10. The van der Waals surface area contributed by atoms with E-state index < -0.39 is 11.6 Å². The van der Waals surface area contributed by atoms with Gasteiger partial charge in [0, 0.05) is 25.2 Å². The van der Waals surface area contributed by atoms with Crippen LogP contribution in [-0.2, 0) is 9.53 Å². The van der Waals surface area contributed by atoms with Crippen LogP contribution in [0.3, 0.4) is 0 Å². The van der Waals surface area contributed by atoms with Crippen molar-refractivity contribution in [1.82, 2.24) is 9.80 Å². The molecule has 0 aromatic carbocycles. The fraction of sp³-hybridized carbons (Fsp3) is 0.889. The number of rotatable bonds is 5. The van der Waals surface area contributed by atoms with Gasteiger partial charge in [-0.2, -0.15) is 0 Å². The number of carbonyl (C=O) groups excluding carboxylic acids is 2. The standard InChI is InChI=1S/C18H33N3O3/c1-12(2)15(19)16(22)20-10-6-7-14(20)11-21(13-8-9-13)17(23)24-18(3,4)5/h12-15H,6-11,19H2,1-5H3/t14-,15-/m0/s1. The van der Waals surface area contributed by atoms with Crippen molar-refractivity contribution in [1.29, 1.82) is 0 Å². The molecule has 2 N–H and O–H groups in total. The van der Waals surface area contributed by atoms with Gasteiger partial charge in [-0.15, -0.1) is 0 Å². The highest BCUT2D eigenvalue weighted by Crippen LogP contribution is 2.31. The Hall–Kier alpha value is -1.30. The van der Waals surface area contributed by atoms with Gasteiger partial charge in [0.2, 0.25) is 5.91 Å². The lowest BCUT2D eigenvalue weighted by Crippen LogP contribution is -2.52. The number of nitrogens with two attached hydrogens (primary N) is 1. The Morgan fingerprint density at radius 2 is 1.88 bits per heavy atom. The van der Waals surface area contributed by atoms with Crippen molar-refractivity contribution in [3.8, 4) is 0 Å². The van der Waals surface area contributed by atoms with Gasteiger partial charge < -0.3 is 20.3 Å². The number of likely N-dealkylation sites (tertiary alicyclic amines) is 1. The lowest BCUT2D eigenvalue weighted by atomic mass is 10.0. The molecule has 0 bridgehead atoms. The summed E-state index contributed by atoms with van der Waals surface area (Å²) in [7, 11) is 0. The van der Waals surface area contributed by atoms with Gasteiger partial charge in [0.05, 0.1) is 6.04 Å². The number of nitrogens with zero attached hydrogens (tertiary/aromatic N) is 2. The van der Waals surface area contributed by atoms with Crippen molar-refractivity contribution in [2.24, 2.45) is 11.7 Å². The van der Waals surface area contributed by atoms with E-state index in [9.17, 15) is 9.59 Å². The Morgan fingerprint density at radius 1 is 1.25 bits per heavy atom. The van der Waals surface area contributed by atoms with Gasteiger partial charge in [0.1, 0.15) is 5.60 Å². The van der Waals surface area contributed by atoms with Crippen LogP contribution in [-0.4, -0.2) is 58.6 Å². The predicted octanol–water partition coefficient (Wildman–Crippen LogP) is 2.36. The van der Waals surface area contributed by atoms with E-state index in [-0.39, 0.29) is 30.0 Å². The summed E-state index contributed by atoms with van der Waals surface area (Å²) >= 11 is 0. The molecule has 1 saturated heterocycles. The highest BCUT2D eigenvalue weighted by atomic mass is 16.6. The molecule has 0 aromatic heterocycles. The average molecular weight is 339 g/mol. The molecule has 1 aliphatic heterocycles. The monoisotopic (exact) mass is 339 g/mol. The number of amides is 2. The topological polar surface area (TPSA) is 75.9 Å². The number of carbonyl (C=O) groups is 2. The van der Waals surface area contributed by atoms with Crippen LogP contribution < -0.4 is 5.73 Å². The molecule has 6 nitrogen and oxygen atoms in total. The molecule has 2 amide bonds. The highest BCUT2D eigenvalue weighted by molar-refractivity contribution is 5.82. The maximum atomic E-state index is 12.6. The minimum Gasteiger partial charge on any atom is -0.444 e. The summed E-state index contributed by atoms with van der Waals surface area (Å²) in [4.78, 5) is 28.9. The molecule has 1 aliphatic carbocycles. The zero-order chi connectivity index (χ0) is 18.1. The summed E-state index contributed by atoms with van der Waals surface area (Å²) in [5.41, 5.74) is 5.55. The second-order valence-electron chi connectivity index (χ2n) is 8.46. The summed E-state index contributed by atoms with van der Waals surface area (Å²) in [5, 5.41) is 0. The summed E-state index contributed by atoms with van der Waals surface area (Å²) in [6.45, 7) is 10.8.